The monoisotopic (exact) mass is 555 g/mol. The Morgan fingerprint density at radius 1 is 1.18 bits per heavy atom. The molecule has 11 heteroatoms. The van der Waals surface area contributed by atoms with E-state index in [4.69, 9.17) is 14.2 Å². The molecule has 5 N–H and O–H groups in total. The molecular formula is C27H41NO9S. The summed E-state index contributed by atoms with van der Waals surface area (Å²) in [5.74, 6) is -0.140. The molecule has 2 fully saturated rings. The summed E-state index contributed by atoms with van der Waals surface area (Å²) in [6.07, 6.45) is -1.12. The number of ether oxygens (including phenoxy) is 3. The maximum absolute atomic E-state index is 13.1. The van der Waals surface area contributed by atoms with Gasteiger partial charge in [-0.25, -0.2) is 4.79 Å². The van der Waals surface area contributed by atoms with Crippen molar-refractivity contribution in [2.24, 2.45) is 11.8 Å². The van der Waals surface area contributed by atoms with E-state index in [1.807, 2.05) is 0 Å². The molecule has 0 radical (unpaired) electrons. The number of benzene rings is 1. The number of phenols is 1. The first-order chi connectivity index (χ1) is 18.2. The van der Waals surface area contributed by atoms with Crippen LogP contribution < -0.4 is 5.32 Å². The van der Waals surface area contributed by atoms with Crippen molar-refractivity contribution < 1.29 is 44.2 Å². The second-order valence-electron chi connectivity index (χ2n) is 10.1. The number of esters is 1. The number of amides is 1. The maximum atomic E-state index is 13.1. The Morgan fingerprint density at radius 2 is 1.95 bits per heavy atom. The van der Waals surface area contributed by atoms with E-state index < -0.39 is 48.0 Å². The summed E-state index contributed by atoms with van der Waals surface area (Å²) >= 11 is 1.12. The summed E-state index contributed by atoms with van der Waals surface area (Å²) in [6.45, 7) is 3.87. The van der Waals surface area contributed by atoms with Gasteiger partial charge in [0.1, 0.15) is 42.2 Å². The van der Waals surface area contributed by atoms with E-state index in [0.29, 0.717) is 5.92 Å². The molecule has 0 aromatic heterocycles. The number of carbonyl (C=O) groups excluding carboxylic acids is 2. The van der Waals surface area contributed by atoms with Crippen molar-refractivity contribution in [1.29, 1.82) is 0 Å². The fourth-order valence-corrected chi connectivity index (χ4v) is 6.18. The minimum Gasteiger partial charge on any atom is -0.508 e. The number of phenolic OH excluding ortho intramolecular Hbond substituents is 1. The van der Waals surface area contributed by atoms with Gasteiger partial charge in [-0.15, -0.1) is 11.8 Å². The molecule has 0 bridgehead atoms. The molecule has 1 saturated heterocycles. The van der Waals surface area contributed by atoms with E-state index in [2.05, 4.69) is 12.2 Å². The summed E-state index contributed by atoms with van der Waals surface area (Å²) in [4.78, 5) is 25.3. The molecule has 9 atom stereocenters. The number of aliphatic hydroxyl groups excluding tert-OH is 3. The Hall–Kier alpha value is -1.89. The second kappa shape index (κ2) is 14.5. The van der Waals surface area contributed by atoms with Crippen LogP contribution in [0.4, 0.5) is 0 Å². The van der Waals surface area contributed by atoms with E-state index in [-0.39, 0.29) is 35.5 Å². The van der Waals surface area contributed by atoms with Gasteiger partial charge in [-0.2, -0.15) is 0 Å². The van der Waals surface area contributed by atoms with Gasteiger partial charge in [-0.1, -0.05) is 25.8 Å². The number of thioether (sulfide) groups is 1. The van der Waals surface area contributed by atoms with Gasteiger partial charge in [0.15, 0.2) is 0 Å². The zero-order valence-electron chi connectivity index (χ0n) is 22.2. The predicted octanol–water partition coefficient (Wildman–Crippen LogP) is 1.83. The van der Waals surface area contributed by atoms with Crippen LogP contribution in [0, 0.1) is 11.8 Å². The predicted molar refractivity (Wildman–Crippen MR) is 142 cm³/mol. The van der Waals surface area contributed by atoms with Crippen LogP contribution in [0.15, 0.2) is 24.3 Å². The molecule has 1 heterocycles. The molecule has 1 aromatic carbocycles. The van der Waals surface area contributed by atoms with Crippen LogP contribution in [-0.2, 0) is 19.0 Å². The van der Waals surface area contributed by atoms with Crippen LogP contribution in [0.3, 0.4) is 0 Å². The first-order valence-electron chi connectivity index (χ1n) is 13.3. The lowest BCUT2D eigenvalue weighted by Crippen LogP contribution is -2.65. The third kappa shape index (κ3) is 7.83. The zero-order chi connectivity index (χ0) is 27.8. The normalized spacial score (nSPS) is 30.9. The molecule has 1 aliphatic carbocycles. The Morgan fingerprint density at radius 3 is 2.63 bits per heavy atom. The highest BCUT2D eigenvalue weighted by Crippen LogP contribution is 2.35. The molecule has 214 valence electrons. The first-order valence-corrected chi connectivity index (χ1v) is 14.3. The van der Waals surface area contributed by atoms with Crippen molar-refractivity contribution in [3.05, 3.63) is 29.8 Å². The highest BCUT2D eigenvalue weighted by atomic mass is 32.2. The van der Waals surface area contributed by atoms with Gasteiger partial charge in [-0.3, -0.25) is 4.79 Å². The van der Waals surface area contributed by atoms with Crippen LogP contribution >= 0.6 is 11.8 Å². The maximum Gasteiger partial charge on any atom is 0.338 e. The van der Waals surface area contributed by atoms with Crippen LogP contribution in [0.2, 0.25) is 0 Å². The van der Waals surface area contributed by atoms with Gasteiger partial charge in [0.05, 0.1) is 17.7 Å². The molecule has 1 aromatic rings. The molecule has 1 aliphatic heterocycles. The van der Waals surface area contributed by atoms with E-state index >= 15 is 0 Å². The Labute approximate surface area is 228 Å². The molecule has 3 rings (SSSR count). The average Bonchev–Trinajstić information content (AvgIpc) is 3.38. The van der Waals surface area contributed by atoms with Gasteiger partial charge < -0.3 is 40.0 Å². The van der Waals surface area contributed by atoms with Crippen molar-refractivity contribution in [3.8, 4) is 5.75 Å². The lowest BCUT2D eigenvalue weighted by molar-refractivity contribution is -0.212. The van der Waals surface area contributed by atoms with Crippen LogP contribution in [0.25, 0.3) is 0 Å². The Kier molecular flexibility index (Phi) is 11.7. The van der Waals surface area contributed by atoms with Crippen molar-refractivity contribution in [3.63, 3.8) is 0 Å². The lowest BCUT2D eigenvalue weighted by Gasteiger charge is -2.44. The van der Waals surface area contributed by atoms with Crippen LogP contribution in [0.1, 0.15) is 56.3 Å². The average molecular weight is 556 g/mol. The summed E-state index contributed by atoms with van der Waals surface area (Å²) in [5, 5.41) is 44.4. The number of rotatable bonds is 12. The Bertz CT molecular complexity index is 918. The number of hydrogen-bond acceptors (Lipinski definition) is 10. The largest absolute Gasteiger partial charge is 0.508 e. The summed E-state index contributed by atoms with van der Waals surface area (Å²) in [6, 6.07) is 5.04. The third-order valence-corrected chi connectivity index (χ3v) is 8.56. The van der Waals surface area contributed by atoms with E-state index in [1.54, 1.807) is 6.92 Å². The summed E-state index contributed by atoms with van der Waals surface area (Å²) < 4.78 is 16.7. The number of hydrogen-bond donors (Lipinski definition) is 5. The smallest absolute Gasteiger partial charge is 0.338 e. The highest BCUT2D eigenvalue weighted by molar-refractivity contribution is 7.99. The van der Waals surface area contributed by atoms with Crippen LogP contribution in [-0.4, -0.2) is 93.8 Å². The summed E-state index contributed by atoms with van der Waals surface area (Å²) in [7, 11) is 1.49. The zero-order valence-corrected chi connectivity index (χ0v) is 23.0. The molecular weight excluding hydrogens is 514 g/mol. The minimum atomic E-state index is -1.51. The van der Waals surface area contributed by atoms with Gasteiger partial charge in [0.2, 0.25) is 5.91 Å². The Balaban J connectivity index is 1.60. The van der Waals surface area contributed by atoms with Crippen molar-refractivity contribution in [2.75, 3.05) is 19.5 Å². The second-order valence-corrected chi connectivity index (χ2v) is 11.3. The molecule has 0 unspecified atom stereocenters. The molecule has 1 amide bonds. The molecule has 2 aliphatic rings. The standard InChI is InChI=1S/C27H41NO9S/c1-4-6-16-9-10-17(13-16)25(33)28-20(15(2)35-3)24-22(31)21(30)23(32)27(37-24)38-12-11-36-26(34)18-7-5-8-19(29)14-18/h5,7-8,14-17,20-24,27,29-32H,4,6,9-13H2,1-3H3,(H,28,33)/t15-,16+,17+,20-,21+,22-,23-,24-,27-/m1/s1. The first kappa shape index (κ1) is 30.6. The van der Waals surface area contributed by atoms with E-state index in [1.165, 1.54) is 31.4 Å². The quantitative estimate of drug-likeness (QED) is 0.191. The third-order valence-electron chi connectivity index (χ3n) is 7.44. The molecule has 10 nitrogen and oxygen atoms in total. The minimum absolute atomic E-state index is 0.00963. The SMILES string of the molecule is CCC[C@H]1CC[C@H](C(=O)N[C@@H]([C@H]2O[C@H](SCCOC(=O)c3cccc(O)c3)[C@H](O)[C@@H](O)[C@H]2O)[C@@H](C)OC)C1. The molecule has 38 heavy (non-hydrogen) atoms. The van der Waals surface area contributed by atoms with E-state index in [0.717, 1.165) is 43.9 Å². The van der Waals surface area contributed by atoms with Crippen LogP contribution in [0.5, 0.6) is 5.75 Å². The van der Waals surface area contributed by atoms with E-state index in [9.17, 15) is 30.0 Å². The number of aliphatic hydroxyl groups is 3. The van der Waals surface area contributed by atoms with Gasteiger partial charge in [0, 0.05) is 18.8 Å². The van der Waals surface area contributed by atoms with Gasteiger partial charge >= 0.3 is 5.97 Å². The van der Waals surface area contributed by atoms with Crippen molar-refractivity contribution in [2.45, 2.75) is 87.9 Å². The lowest BCUT2D eigenvalue weighted by atomic mass is 9.91. The van der Waals surface area contributed by atoms with Crippen molar-refractivity contribution >= 4 is 23.6 Å². The fourth-order valence-electron chi connectivity index (χ4n) is 5.20. The summed E-state index contributed by atoms with van der Waals surface area (Å²) in [5.41, 5.74) is -0.736. The number of methoxy groups -OCH3 is 1. The van der Waals surface area contributed by atoms with Gasteiger partial charge in [0.25, 0.3) is 0 Å². The number of aromatic hydroxyl groups is 1. The topological polar surface area (TPSA) is 155 Å². The highest BCUT2D eigenvalue weighted by Gasteiger charge is 2.48. The van der Waals surface area contributed by atoms with Gasteiger partial charge in [-0.05, 0) is 50.3 Å². The fraction of sp³-hybridized carbons (Fsp3) is 0.704. The number of nitrogens with one attached hydrogen (secondary N) is 1. The van der Waals surface area contributed by atoms with Crippen molar-refractivity contribution in [1.82, 2.24) is 5.32 Å². The number of carbonyl (C=O) groups is 2. The molecule has 0 spiro atoms. The molecule has 1 saturated carbocycles.